The number of nitrogens with one attached hydrogen (secondary N) is 1. The van der Waals surface area contributed by atoms with E-state index in [0.29, 0.717) is 19.7 Å². The number of rotatable bonds is 6. The van der Waals surface area contributed by atoms with Gasteiger partial charge in [0, 0.05) is 26.7 Å². The van der Waals surface area contributed by atoms with Crippen molar-refractivity contribution >= 4 is 5.91 Å². The Morgan fingerprint density at radius 3 is 2.60 bits per heavy atom. The molecule has 0 bridgehead atoms. The maximum atomic E-state index is 12.0. The first-order chi connectivity index (χ1) is 9.81. The first kappa shape index (κ1) is 15.0. The van der Waals surface area contributed by atoms with Gasteiger partial charge >= 0.3 is 0 Å². The molecule has 1 fully saturated rings. The third-order valence-electron chi connectivity index (χ3n) is 3.72. The van der Waals surface area contributed by atoms with Crippen LogP contribution in [0.5, 0.6) is 0 Å². The minimum atomic E-state index is 0.217. The van der Waals surface area contributed by atoms with Gasteiger partial charge in [0.25, 0.3) is 0 Å². The molecule has 110 valence electrons. The molecule has 0 spiro atoms. The molecule has 1 aliphatic rings. The molecule has 20 heavy (non-hydrogen) atoms. The van der Waals surface area contributed by atoms with Crippen molar-refractivity contribution in [3.8, 4) is 0 Å². The van der Waals surface area contributed by atoms with Crippen molar-refractivity contribution in [2.24, 2.45) is 0 Å². The Bertz CT molecular complexity index is 428. The van der Waals surface area contributed by atoms with Gasteiger partial charge in [-0.15, -0.1) is 0 Å². The third kappa shape index (κ3) is 4.32. The highest BCUT2D eigenvalue weighted by Gasteiger charge is 2.15. The van der Waals surface area contributed by atoms with E-state index in [9.17, 15) is 4.79 Å². The monoisotopic (exact) mass is 276 g/mol. The lowest BCUT2D eigenvalue weighted by molar-refractivity contribution is -0.131. The van der Waals surface area contributed by atoms with Gasteiger partial charge in [-0.3, -0.25) is 4.79 Å². The van der Waals surface area contributed by atoms with E-state index < -0.39 is 0 Å². The lowest BCUT2D eigenvalue weighted by Crippen LogP contribution is -2.41. The normalized spacial score (nSPS) is 15.3. The number of amides is 1. The highest BCUT2D eigenvalue weighted by atomic mass is 16.5. The minimum absolute atomic E-state index is 0.217. The van der Waals surface area contributed by atoms with Crippen LogP contribution in [-0.4, -0.2) is 37.6 Å². The lowest BCUT2D eigenvalue weighted by atomic mass is 10.1. The van der Waals surface area contributed by atoms with Gasteiger partial charge in [-0.05, 0) is 30.4 Å². The zero-order valence-electron chi connectivity index (χ0n) is 12.2. The summed E-state index contributed by atoms with van der Waals surface area (Å²) in [7, 11) is 1.70. The second-order valence-electron chi connectivity index (χ2n) is 5.25. The number of likely N-dealkylation sites (tertiary alicyclic amines) is 1. The van der Waals surface area contributed by atoms with E-state index in [1.807, 2.05) is 17.0 Å². The van der Waals surface area contributed by atoms with E-state index >= 15 is 0 Å². The molecule has 0 aliphatic carbocycles. The Morgan fingerprint density at radius 2 is 1.90 bits per heavy atom. The summed E-state index contributed by atoms with van der Waals surface area (Å²) in [6.07, 6.45) is 3.53. The quantitative estimate of drug-likeness (QED) is 0.863. The summed E-state index contributed by atoms with van der Waals surface area (Å²) in [6, 6.07) is 8.17. The predicted octanol–water partition coefficient (Wildman–Crippen LogP) is 1.94. The number of nitrogens with zero attached hydrogens (tertiary/aromatic N) is 1. The van der Waals surface area contributed by atoms with Crippen LogP contribution in [-0.2, 0) is 22.7 Å². The van der Waals surface area contributed by atoms with E-state index in [-0.39, 0.29) is 5.91 Å². The molecule has 1 saturated heterocycles. The molecule has 0 unspecified atom stereocenters. The van der Waals surface area contributed by atoms with Crippen molar-refractivity contribution in [1.82, 2.24) is 10.2 Å². The fraction of sp³-hybridized carbons (Fsp3) is 0.562. The molecule has 2 rings (SSSR count). The number of hydrogen-bond donors (Lipinski definition) is 1. The van der Waals surface area contributed by atoms with Crippen LogP contribution >= 0.6 is 0 Å². The number of benzene rings is 1. The average molecular weight is 276 g/mol. The third-order valence-corrected chi connectivity index (χ3v) is 3.72. The van der Waals surface area contributed by atoms with Gasteiger partial charge in [-0.1, -0.05) is 24.3 Å². The molecule has 0 aromatic heterocycles. The van der Waals surface area contributed by atoms with Gasteiger partial charge < -0.3 is 15.0 Å². The van der Waals surface area contributed by atoms with Crippen molar-refractivity contribution < 1.29 is 9.53 Å². The highest BCUT2D eigenvalue weighted by Crippen LogP contribution is 2.10. The number of piperidine rings is 1. The zero-order chi connectivity index (χ0) is 14.2. The Kier molecular flexibility index (Phi) is 6.02. The molecule has 0 radical (unpaired) electrons. The Hall–Kier alpha value is -1.39. The molecule has 0 atom stereocenters. The second-order valence-corrected chi connectivity index (χ2v) is 5.25. The van der Waals surface area contributed by atoms with Crippen molar-refractivity contribution in [2.75, 3.05) is 26.7 Å². The van der Waals surface area contributed by atoms with Crippen LogP contribution in [0, 0.1) is 0 Å². The molecule has 1 amide bonds. The summed E-state index contributed by atoms with van der Waals surface area (Å²) in [5.74, 6) is 0.217. The Labute approximate surface area is 121 Å². The van der Waals surface area contributed by atoms with Crippen molar-refractivity contribution in [1.29, 1.82) is 0 Å². The van der Waals surface area contributed by atoms with E-state index in [4.69, 9.17) is 4.74 Å². The summed E-state index contributed by atoms with van der Waals surface area (Å²) in [4.78, 5) is 14.0. The summed E-state index contributed by atoms with van der Waals surface area (Å²) >= 11 is 0. The number of carbonyl (C=O) groups excluding carboxylic acids is 1. The van der Waals surface area contributed by atoms with Crippen LogP contribution in [0.2, 0.25) is 0 Å². The Morgan fingerprint density at radius 1 is 1.20 bits per heavy atom. The molecule has 1 aromatic carbocycles. The lowest BCUT2D eigenvalue weighted by Gasteiger charge is -2.26. The maximum Gasteiger partial charge on any atom is 0.236 e. The molecule has 0 saturated carbocycles. The van der Waals surface area contributed by atoms with Crippen LogP contribution in [0.1, 0.15) is 30.4 Å². The highest BCUT2D eigenvalue weighted by molar-refractivity contribution is 5.78. The fourth-order valence-corrected chi connectivity index (χ4v) is 2.59. The Balaban J connectivity index is 1.79. The van der Waals surface area contributed by atoms with Crippen LogP contribution < -0.4 is 5.32 Å². The number of ether oxygens (including phenoxy) is 1. The van der Waals surface area contributed by atoms with Crippen LogP contribution in [0.4, 0.5) is 0 Å². The summed E-state index contributed by atoms with van der Waals surface area (Å²) in [5.41, 5.74) is 2.37. The summed E-state index contributed by atoms with van der Waals surface area (Å²) < 4.78 is 5.19. The van der Waals surface area contributed by atoms with Gasteiger partial charge in [-0.2, -0.15) is 0 Å². The predicted molar refractivity (Wildman–Crippen MR) is 79.3 cm³/mol. The molecule has 4 heteroatoms. The summed E-state index contributed by atoms with van der Waals surface area (Å²) in [5, 5.41) is 3.25. The fourth-order valence-electron chi connectivity index (χ4n) is 2.59. The minimum Gasteiger partial charge on any atom is -0.380 e. The number of carbonyl (C=O) groups is 1. The van der Waals surface area contributed by atoms with Crippen molar-refractivity contribution in [3.63, 3.8) is 0 Å². The molecular weight excluding hydrogens is 252 g/mol. The van der Waals surface area contributed by atoms with E-state index in [2.05, 4.69) is 17.4 Å². The molecule has 1 aliphatic heterocycles. The van der Waals surface area contributed by atoms with Crippen molar-refractivity contribution in [3.05, 3.63) is 35.4 Å². The first-order valence-electron chi connectivity index (χ1n) is 7.35. The average Bonchev–Trinajstić information content (AvgIpc) is 2.50. The molecule has 1 N–H and O–H groups in total. The van der Waals surface area contributed by atoms with Crippen molar-refractivity contribution in [2.45, 2.75) is 32.4 Å². The van der Waals surface area contributed by atoms with Gasteiger partial charge in [0.15, 0.2) is 0 Å². The number of hydrogen-bond acceptors (Lipinski definition) is 3. The molecule has 1 heterocycles. The van der Waals surface area contributed by atoms with Gasteiger partial charge in [-0.25, -0.2) is 0 Å². The summed E-state index contributed by atoms with van der Waals surface area (Å²) in [6.45, 7) is 3.57. The van der Waals surface area contributed by atoms with Gasteiger partial charge in [0.2, 0.25) is 5.91 Å². The molecule has 4 nitrogen and oxygen atoms in total. The van der Waals surface area contributed by atoms with Crippen LogP contribution in [0.15, 0.2) is 24.3 Å². The number of methoxy groups -OCH3 is 1. The maximum absolute atomic E-state index is 12.0. The topological polar surface area (TPSA) is 41.6 Å². The molecular formula is C16H24N2O2. The largest absolute Gasteiger partial charge is 0.380 e. The molecule has 1 aromatic rings. The zero-order valence-corrected chi connectivity index (χ0v) is 12.2. The smallest absolute Gasteiger partial charge is 0.236 e. The van der Waals surface area contributed by atoms with E-state index in [1.165, 1.54) is 17.5 Å². The van der Waals surface area contributed by atoms with Crippen LogP contribution in [0.3, 0.4) is 0 Å². The van der Waals surface area contributed by atoms with Crippen LogP contribution in [0.25, 0.3) is 0 Å². The first-order valence-corrected chi connectivity index (χ1v) is 7.35. The second kappa shape index (κ2) is 8.02. The standard InChI is InChI=1S/C16H24N2O2/c1-20-13-15-8-4-3-7-14(15)11-17-12-16(19)18-9-5-2-6-10-18/h3-4,7-8,17H,2,5-6,9-13H2,1H3. The van der Waals surface area contributed by atoms with Gasteiger partial charge in [0.1, 0.15) is 0 Å². The van der Waals surface area contributed by atoms with E-state index in [0.717, 1.165) is 25.9 Å². The van der Waals surface area contributed by atoms with E-state index in [1.54, 1.807) is 7.11 Å². The SMILES string of the molecule is COCc1ccccc1CNCC(=O)N1CCCCC1. The van der Waals surface area contributed by atoms with Gasteiger partial charge in [0.05, 0.1) is 13.2 Å².